The van der Waals surface area contributed by atoms with Crippen LogP contribution in [-0.4, -0.2) is 28.1 Å². The number of hydrogen-bond donors (Lipinski definition) is 1. The standard InChI is InChI=1S/C12H15BrN4/c1-14-3-2-12-8-17(9-16-12)7-10-4-11(13)6-15-5-10/h4-6,8-9,14H,2-3,7H2,1H3. The molecule has 17 heavy (non-hydrogen) atoms. The predicted octanol–water partition coefficient (Wildman–Crippen LogP) is 1.85. The Morgan fingerprint density at radius 2 is 2.29 bits per heavy atom. The van der Waals surface area contributed by atoms with E-state index in [0.717, 1.165) is 35.2 Å². The lowest BCUT2D eigenvalue weighted by Gasteiger charge is -2.02. The van der Waals surface area contributed by atoms with Crippen molar-refractivity contribution in [3.05, 3.63) is 46.7 Å². The Bertz CT molecular complexity index is 481. The van der Waals surface area contributed by atoms with E-state index in [1.807, 2.05) is 19.6 Å². The minimum absolute atomic E-state index is 0.805. The van der Waals surface area contributed by atoms with Crippen LogP contribution in [0.2, 0.25) is 0 Å². The number of hydrogen-bond acceptors (Lipinski definition) is 3. The zero-order valence-electron chi connectivity index (χ0n) is 9.73. The first-order valence-corrected chi connectivity index (χ1v) is 6.32. The van der Waals surface area contributed by atoms with Crippen molar-refractivity contribution in [2.24, 2.45) is 0 Å². The molecule has 0 radical (unpaired) electrons. The fourth-order valence-corrected chi connectivity index (χ4v) is 2.04. The van der Waals surface area contributed by atoms with Crippen LogP contribution in [0.25, 0.3) is 0 Å². The van der Waals surface area contributed by atoms with Gasteiger partial charge in [-0.2, -0.15) is 0 Å². The lowest BCUT2D eigenvalue weighted by atomic mass is 10.3. The summed E-state index contributed by atoms with van der Waals surface area (Å²) in [6.45, 7) is 1.76. The molecular formula is C12H15BrN4. The molecule has 0 aromatic carbocycles. The smallest absolute Gasteiger partial charge is 0.0952 e. The number of aromatic nitrogens is 3. The van der Waals surface area contributed by atoms with Crippen LogP contribution in [0, 0.1) is 0 Å². The van der Waals surface area contributed by atoms with Crippen molar-refractivity contribution in [1.82, 2.24) is 19.9 Å². The van der Waals surface area contributed by atoms with Crippen LogP contribution in [0.4, 0.5) is 0 Å². The molecule has 0 atom stereocenters. The van der Waals surface area contributed by atoms with Crippen molar-refractivity contribution in [3.63, 3.8) is 0 Å². The Morgan fingerprint density at radius 3 is 3.06 bits per heavy atom. The van der Waals surface area contributed by atoms with Crippen LogP contribution in [-0.2, 0) is 13.0 Å². The average Bonchev–Trinajstić information content (AvgIpc) is 2.74. The summed E-state index contributed by atoms with van der Waals surface area (Å²) in [5.74, 6) is 0. The molecule has 0 saturated heterocycles. The average molecular weight is 295 g/mol. The first kappa shape index (κ1) is 12.3. The normalized spacial score (nSPS) is 10.7. The third-order valence-electron chi connectivity index (χ3n) is 2.44. The molecule has 0 aliphatic heterocycles. The van der Waals surface area contributed by atoms with Gasteiger partial charge in [-0.25, -0.2) is 4.98 Å². The molecule has 0 amide bonds. The van der Waals surface area contributed by atoms with Gasteiger partial charge in [-0.05, 0) is 34.6 Å². The van der Waals surface area contributed by atoms with Crippen molar-refractivity contribution < 1.29 is 0 Å². The maximum Gasteiger partial charge on any atom is 0.0952 e. The molecule has 0 bridgehead atoms. The Labute approximate surface area is 109 Å². The highest BCUT2D eigenvalue weighted by Crippen LogP contribution is 2.11. The van der Waals surface area contributed by atoms with Gasteiger partial charge in [-0.15, -0.1) is 0 Å². The van der Waals surface area contributed by atoms with Gasteiger partial charge in [-0.1, -0.05) is 0 Å². The van der Waals surface area contributed by atoms with E-state index in [4.69, 9.17) is 0 Å². The highest BCUT2D eigenvalue weighted by Gasteiger charge is 2.00. The Kier molecular flexibility index (Phi) is 4.28. The van der Waals surface area contributed by atoms with E-state index in [0.29, 0.717) is 0 Å². The molecule has 2 rings (SSSR count). The largest absolute Gasteiger partial charge is 0.333 e. The second-order valence-corrected chi connectivity index (χ2v) is 4.82. The van der Waals surface area contributed by atoms with Crippen LogP contribution in [0.3, 0.4) is 0 Å². The monoisotopic (exact) mass is 294 g/mol. The van der Waals surface area contributed by atoms with Crippen molar-refractivity contribution in [3.8, 4) is 0 Å². The molecule has 0 aliphatic carbocycles. The van der Waals surface area contributed by atoms with E-state index in [2.05, 4.69) is 48.0 Å². The van der Waals surface area contributed by atoms with Gasteiger partial charge in [-0.3, -0.25) is 4.98 Å². The SMILES string of the molecule is CNCCc1cn(Cc2cncc(Br)c2)cn1. The van der Waals surface area contributed by atoms with E-state index in [1.165, 1.54) is 0 Å². The molecule has 0 spiro atoms. The van der Waals surface area contributed by atoms with Gasteiger partial charge in [0.1, 0.15) is 0 Å². The van der Waals surface area contributed by atoms with Gasteiger partial charge in [0.25, 0.3) is 0 Å². The maximum atomic E-state index is 4.36. The van der Waals surface area contributed by atoms with Crippen LogP contribution in [0.5, 0.6) is 0 Å². The summed E-state index contributed by atoms with van der Waals surface area (Å²) < 4.78 is 3.08. The molecule has 90 valence electrons. The molecule has 4 nitrogen and oxygen atoms in total. The second-order valence-electron chi connectivity index (χ2n) is 3.90. The summed E-state index contributed by atoms with van der Waals surface area (Å²) in [5, 5.41) is 3.12. The fourth-order valence-electron chi connectivity index (χ4n) is 1.63. The number of nitrogens with zero attached hydrogens (tertiary/aromatic N) is 3. The third kappa shape index (κ3) is 3.64. The second kappa shape index (κ2) is 5.93. The van der Waals surface area contributed by atoms with Crippen LogP contribution in [0.1, 0.15) is 11.3 Å². The fraction of sp³-hybridized carbons (Fsp3) is 0.333. The van der Waals surface area contributed by atoms with Gasteiger partial charge >= 0.3 is 0 Å². The maximum absolute atomic E-state index is 4.36. The summed E-state index contributed by atoms with van der Waals surface area (Å²) in [6.07, 6.45) is 8.57. The number of imidazole rings is 1. The summed E-state index contributed by atoms with van der Waals surface area (Å²) in [4.78, 5) is 8.51. The number of pyridine rings is 1. The molecule has 0 unspecified atom stereocenters. The van der Waals surface area contributed by atoms with Gasteiger partial charge in [0, 0.05) is 36.0 Å². The Hall–Kier alpha value is -1.20. The number of nitrogens with one attached hydrogen (secondary N) is 1. The van der Waals surface area contributed by atoms with Crippen LogP contribution < -0.4 is 5.32 Å². The van der Waals surface area contributed by atoms with E-state index in [-0.39, 0.29) is 0 Å². The summed E-state index contributed by atoms with van der Waals surface area (Å²) >= 11 is 3.42. The minimum atomic E-state index is 0.805. The quantitative estimate of drug-likeness (QED) is 0.915. The van der Waals surface area contributed by atoms with Crippen LogP contribution >= 0.6 is 15.9 Å². The zero-order valence-corrected chi connectivity index (χ0v) is 11.3. The van der Waals surface area contributed by atoms with Gasteiger partial charge < -0.3 is 9.88 Å². The Balaban J connectivity index is 2.01. The minimum Gasteiger partial charge on any atom is -0.333 e. The summed E-state index contributed by atoms with van der Waals surface area (Å²) in [7, 11) is 1.95. The topological polar surface area (TPSA) is 42.7 Å². The molecule has 1 N–H and O–H groups in total. The van der Waals surface area contributed by atoms with E-state index in [1.54, 1.807) is 6.20 Å². The lowest BCUT2D eigenvalue weighted by Crippen LogP contribution is -2.10. The van der Waals surface area contributed by atoms with Gasteiger partial charge in [0.2, 0.25) is 0 Å². The Morgan fingerprint density at radius 1 is 1.41 bits per heavy atom. The molecule has 5 heteroatoms. The molecule has 0 aliphatic rings. The number of rotatable bonds is 5. The zero-order chi connectivity index (χ0) is 12.1. The van der Waals surface area contributed by atoms with Crippen molar-refractivity contribution in [1.29, 1.82) is 0 Å². The van der Waals surface area contributed by atoms with Gasteiger partial charge in [0.05, 0.1) is 18.6 Å². The predicted molar refractivity (Wildman–Crippen MR) is 70.9 cm³/mol. The van der Waals surface area contributed by atoms with E-state index < -0.39 is 0 Å². The number of halogens is 1. The molecule has 0 fully saturated rings. The number of likely N-dealkylation sites (N-methyl/N-ethyl adjacent to an activating group) is 1. The first-order chi connectivity index (χ1) is 8.28. The van der Waals surface area contributed by atoms with Crippen molar-refractivity contribution in [2.75, 3.05) is 13.6 Å². The third-order valence-corrected chi connectivity index (χ3v) is 2.88. The summed E-state index contributed by atoms with van der Waals surface area (Å²) in [5.41, 5.74) is 2.28. The van der Waals surface area contributed by atoms with Crippen LogP contribution in [0.15, 0.2) is 35.5 Å². The van der Waals surface area contributed by atoms with E-state index >= 15 is 0 Å². The highest BCUT2D eigenvalue weighted by atomic mass is 79.9. The highest BCUT2D eigenvalue weighted by molar-refractivity contribution is 9.10. The summed E-state index contributed by atoms with van der Waals surface area (Å²) in [6, 6.07) is 2.07. The molecule has 0 saturated carbocycles. The lowest BCUT2D eigenvalue weighted by molar-refractivity contribution is 0.772. The van der Waals surface area contributed by atoms with Crippen molar-refractivity contribution in [2.45, 2.75) is 13.0 Å². The van der Waals surface area contributed by atoms with Crippen molar-refractivity contribution >= 4 is 15.9 Å². The molecule has 2 aromatic rings. The molecule has 2 aromatic heterocycles. The molecule has 2 heterocycles. The first-order valence-electron chi connectivity index (χ1n) is 5.52. The van der Waals surface area contributed by atoms with E-state index in [9.17, 15) is 0 Å². The van der Waals surface area contributed by atoms with Gasteiger partial charge in [0.15, 0.2) is 0 Å². The molecular weight excluding hydrogens is 280 g/mol.